The first-order valence-electron chi connectivity index (χ1n) is 12.3. The van der Waals surface area contributed by atoms with E-state index in [2.05, 4.69) is 31.3 Å². The van der Waals surface area contributed by atoms with Crippen LogP contribution in [0.4, 0.5) is 5.95 Å². The molecule has 0 aliphatic carbocycles. The number of aryl methyl sites for hydroxylation is 3. The number of fused-ring (bicyclic) bond motifs is 1. The van der Waals surface area contributed by atoms with Crippen LogP contribution in [-0.4, -0.2) is 57.7 Å². The number of rotatable bonds is 12. The zero-order valence-corrected chi connectivity index (χ0v) is 23.2. The van der Waals surface area contributed by atoms with Crippen LogP contribution in [0.1, 0.15) is 52.4 Å². The summed E-state index contributed by atoms with van der Waals surface area (Å²) in [5.74, 6) is -0.898. The van der Waals surface area contributed by atoms with E-state index in [1.165, 1.54) is 11.0 Å². The molecule has 2 aromatic heterocycles. The molecule has 0 unspecified atom stereocenters. The maximum absolute atomic E-state index is 13.9. The number of anilines is 1. The summed E-state index contributed by atoms with van der Waals surface area (Å²) in [6.45, 7) is 18.3. The molecule has 1 N–H and O–H groups in total. The van der Waals surface area contributed by atoms with Crippen LogP contribution in [0.15, 0.2) is 24.8 Å². The Labute approximate surface area is 213 Å². The Morgan fingerprint density at radius 3 is 2.53 bits per heavy atom. The van der Waals surface area contributed by atoms with Gasteiger partial charge >= 0.3 is 5.97 Å². The van der Waals surface area contributed by atoms with Crippen molar-refractivity contribution in [2.45, 2.75) is 66.0 Å². The number of nitrogens with zero attached hydrogens (tertiary/aromatic N) is 5. The number of aromatic carboxylic acids is 1. The zero-order chi connectivity index (χ0) is 26.6. The fourth-order valence-electron chi connectivity index (χ4n) is 4.05. The number of hydrogen-bond donors (Lipinski definition) is 1. The van der Waals surface area contributed by atoms with Gasteiger partial charge in [-0.05, 0) is 44.5 Å². The van der Waals surface area contributed by atoms with Crippen LogP contribution in [-0.2, 0) is 17.8 Å². The quantitative estimate of drug-likeness (QED) is 0.202. The van der Waals surface area contributed by atoms with E-state index < -0.39 is 14.0 Å². The van der Waals surface area contributed by atoms with Crippen LogP contribution >= 0.6 is 0 Å². The van der Waals surface area contributed by atoms with E-state index in [0.29, 0.717) is 42.4 Å². The van der Waals surface area contributed by atoms with Gasteiger partial charge in [0.25, 0.3) is 5.91 Å². The number of amides is 1. The van der Waals surface area contributed by atoms with Crippen molar-refractivity contribution in [1.29, 1.82) is 0 Å². The molecule has 3 rings (SSSR count). The molecular formula is C26H37N5O4Si. The van der Waals surface area contributed by atoms with Crippen molar-refractivity contribution in [3.8, 4) is 0 Å². The Balaban J connectivity index is 2.17. The molecule has 0 atom stereocenters. The lowest BCUT2D eigenvalue weighted by atomic mass is 10.1. The third-order valence-corrected chi connectivity index (χ3v) is 7.59. The maximum atomic E-state index is 13.9. The van der Waals surface area contributed by atoms with Crippen molar-refractivity contribution >= 4 is 43.0 Å². The lowest BCUT2D eigenvalue weighted by molar-refractivity contribution is 0.0696. The Kier molecular flexibility index (Phi) is 8.52. The standard InChI is InChI=1S/C26H37N5O4Si/c1-8-11-29-23-19(9-2)15-20(25(33)34)16-21(23)27-26(29)30(17-35-12-13-36(5,6)7)24(32)22-14-18(4)28-31(22)10-3/h9,14-16H,2,8,10-13,17H2,1,3-7H3,(H,33,34). The summed E-state index contributed by atoms with van der Waals surface area (Å²) in [4.78, 5) is 32.0. The second kappa shape index (κ2) is 11.2. The largest absolute Gasteiger partial charge is 0.478 e. The summed E-state index contributed by atoms with van der Waals surface area (Å²) >= 11 is 0. The zero-order valence-electron chi connectivity index (χ0n) is 22.2. The van der Waals surface area contributed by atoms with E-state index in [9.17, 15) is 14.7 Å². The molecule has 0 fully saturated rings. The van der Waals surface area contributed by atoms with Gasteiger partial charge in [-0.25, -0.2) is 9.78 Å². The van der Waals surface area contributed by atoms with Crippen molar-refractivity contribution in [3.63, 3.8) is 0 Å². The smallest absolute Gasteiger partial charge is 0.335 e. The highest BCUT2D eigenvalue weighted by atomic mass is 28.3. The minimum atomic E-state index is -1.32. The summed E-state index contributed by atoms with van der Waals surface area (Å²) in [6.07, 6.45) is 2.42. The van der Waals surface area contributed by atoms with E-state index in [-0.39, 0.29) is 18.2 Å². The molecule has 0 saturated heterocycles. The molecule has 0 radical (unpaired) electrons. The van der Waals surface area contributed by atoms with Crippen molar-refractivity contribution in [3.05, 3.63) is 47.3 Å². The Morgan fingerprint density at radius 2 is 1.94 bits per heavy atom. The Bertz CT molecular complexity index is 1270. The summed E-state index contributed by atoms with van der Waals surface area (Å²) < 4.78 is 9.67. The normalized spacial score (nSPS) is 11.7. The lowest BCUT2D eigenvalue weighted by Gasteiger charge is -2.24. The molecule has 10 heteroatoms. The number of aromatic nitrogens is 4. The molecule has 0 spiro atoms. The van der Waals surface area contributed by atoms with E-state index in [0.717, 1.165) is 23.7 Å². The first-order valence-corrected chi connectivity index (χ1v) is 16.1. The minimum Gasteiger partial charge on any atom is -0.478 e. The topological polar surface area (TPSA) is 102 Å². The van der Waals surface area contributed by atoms with Crippen molar-refractivity contribution in [1.82, 2.24) is 19.3 Å². The first kappa shape index (κ1) is 27.3. The predicted octanol–water partition coefficient (Wildman–Crippen LogP) is 5.27. The lowest BCUT2D eigenvalue weighted by Crippen LogP contribution is -2.37. The fraction of sp³-hybridized carbons (Fsp3) is 0.462. The number of carboxylic acids is 1. The molecular weight excluding hydrogens is 474 g/mol. The minimum absolute atomic E-state index is 0.0273. The number of imidazole rings is 1. The second-order valence-electron chi connectivity index (χ2n) is 10.1. The van der Waals surface area contributed by atoms with Gasteiger partial charge in [-0.3, -0.25) is 14.4 Å². The van der Waals surface area contributed by atoms with E-state index in [1.807, 2.05) is 25.3 Å². The summed E-state index contributed by atoms with van der Waals surface area (Å²) in [6, 6.07) is 5.86. The average Bonchev–Trinajstić information content (AvgIpc) is 3.37. The van der Waals surface area contributed by atoms with E-state index >= 15 is 0 Å². The van der Waals surface area contributed by atoms with Gasteiger partial charge in [0.05, 0.1) is 22.3 Å². The van der Waals surface area contributed by atoms with Gasteiger partial charge in [0, 0.05) is 33.3 Å². The number of carbonyl (C=O) groups is 2. The van der Waals surface area contributed by atoms with Gasteiger partial charge in [0.15, 0.2) is 0 Å². The highest BCUT2D eigenvalue weighted by molar-refractivity contribution is 6.76. The highest BCUT2D eigenvalue weighted by Crippen LogP contribution is 2.29. The molecule has 9 nitrogen and oxygen atoms in total. The number of benzene rings is 1. The molecule has 3 aromatic rings. The molecule has 0 aliphatic rings. The first-order chi connectivity index (χ1) is 17.0. The number of hydrogen-bond acceptors (Lipinski definition) is 5. The number of carboxylic acid groups (broad SMARTS) is 1. The van der Waals surface area contributed by atoms with Crippen LogP contribution in [0.3, 0.4) is 0 Å². The van der Waals surface area contributed by atoms with E-state index in [4.69, 9.17) is 9.72 Å². The van der Waals surface area contributed by atoms with Gasteiger partial charge in [-0.2, -0.15) is 5.10 Å². The number of carbonyl (C=O) groups excluding carboxylic acids is 1. The van der Waals surface area contributed by atoms with Gasteiger partial charge < -0.3 is 14.4 Å². The molecule has 0 aliphatic heterocycles. The van der Waals surface area contributed by atoms with Crippen LogP contribution in [0.5, 0.6) is 0 Å². The van der Waals surface area contributed by atoms with Crippen LogP contribution < -0.4 is 4.90 Å². The molecule has 2 heterocycles. The molecule has 1 aromatic carbocycles. The van der Waals surface area contributed by atoms with Crippen molar-refractivity contribution in [2.24, 2.45) is 0 Å². The molecule has 36 heavy (non-hydrogen) atoms. The van der Waals surface area contributed by atoms with Crippen LogP contribution in [0.25, 0.3) is 17.1 Å². The summed E-state index contributed by atoms with van der Waals surface area (Å²) in [5.41, 5.74) is 3.21. The average molecular weight is 512 g/mol. The SMILES string of the molecule is C=Cc1cc(C(=O)O)cc2nc(N(COCC[Si](C)(C)C)C(=O)c3cc(C)nn3CC)n(CCC)c12. The van der Waals surface area contributed by atoms with Crippen LogP contribution in [0, 0.1) is 6.92 Å². The monoisotopic (exact) mass is 511 g/mol. The Hall–Kier alpha value is -3.24. The van der Waals surface area contributed by atoms with Gasteiger partial charge in [-0.15, -0.1) is 0 Å². The highest BCUT2D eigenvalue weighted by Gasteiger charge is 2.28. The number of ether oxygens (including phenoxy) is 1. The van der Waals surface area contributed by atoms with Crippen molar-refractivity contribution in [2.75, 3.05) is 18.2 Å². The summed E-state index contributed by atoms with van der Waals surface area (Å²) in [7, 11) is -1.32. The third-order valence-electron chi connectivity index (χ3n) is 5.89. The molecule has 0 bridgehead atoms. The van der Waals surface area contributed by atoms with Gasteiger partial charge in [0.1, 0.15) is 12.4 Å². The molecule has 0 saturated carbocycles. The van der Waals surface area contributed by atoms with Crippen molar-refractivity contribution < 1.29 is 19.4 Å². The predicted molar refractivity (Wildman–Crippen MR) is 145 cm³/mol. The van der Waals surface area contributed by atoms with E-state index in [1.54, 1.807) is 22.9 Å². The summed E-state index contributed by atoms with van der Waals surface area (Å²) in [5, 5.41) is 14.0. The van der Waals surface area contributed by atoms with Gasteiger partial charge in [-0.1, -0.05) is 39.2 Å². The maximum Gasteiger partial charge on any atom is 0.335 e. The van der Waals surface area contributed by atoms with Gasteiger partial charge in [0.2, 0.25) is 5.95 Å². The van der Waals surface area contributed by atoms with Crippen LogP contribution in [0.2, 0.25) is 25.7 Å². The Morgan fingerprint density at radius 1 is 1.22 bits per heavy atom. The fourth-order valence-corrected chi connectivity index (χ4v) is 4.80. The second-order valence-corrected chi connectivity index (χ2v) is 15.7. The molecule has 1 amide bonds. The molecule has 194 valence electrons. The third kappa shape index (κ3) is 5.93.